The summed E-state index contributed by atoms with van der Waals surface area (Å²) in [6.45, 7) is 0.182. The van der Waals surface area contributed by atoms with Crippen molar-refractivity contribution in [1.29, 1.82) is 0 Å². The van der Waals surface area contributed by atoms with Crippen molar-refractivity contribution in [1.82, 2.24) is 10.1 Å². The molecule has 3 aromatic rings. The molecular formula is C16H12N2O4. The summed E-state index contributed by atoms with van der Waals surface area (Å²) in [5, 5.41) is 3.91. The average Bonchev–Trinajstić information content (AvgIpc) is 3.23. The highest BCUT2D eigenvalue weighted by Gasteiger charge is 2.23. The first kappa shape index (κ1) is 12.7. The molecule has 110 valence electrons. The fourth-order valence-electron chi connectivity index (χ4n) is 2.44. The van der Waals surface area contributed by atoms with Gasteiger partial charge in [-0.3, -0.25) is 4.98 Å². The zero-order valence-electron chi connectivity index (χ0n) is 11.8. The van der Waals surface area contributed by atoms with Gasteiger partial charge in [0.25, 0.3) is 0 Å². The van der Waals surface area contributed by atoms with E-state index >= 15 is 0 Å². The van der Waals surface area contributed by atoms with Crippen LogP contribution in [0.25, 0.3) is 22.5 Å². The third-order valence-corrected chi connectivity index (χ3v) is 3.46. The Morgan fingerprint density at radius 1 is 1.14 bits per heavy atom. The molecule has 0 N–H and O–H groups in total. The van der Waals surface area contributed by atoms with Gasteiger partial charge in [-0.25, -0.2) is 0 Å². The predicted octanol–water partition coefficient (Wildman–Crippen LogP) is 3.14. The lowest BCUT2D eigenvalue weighted by Crippen LogP contribution is -1.93. The van der Waals surface area contributed by atoms with Gasteiger partial charge in [-0.2, -0.15) is 0 Å². The van der Waals surface area contributed by atoms with Crippen LogP contribution in [0.15, 0.2) is 47.4 Å². The Morgan fingerprint density at radius 3 is 2.91 bits per heavy atom. The number of ether oxygens (including phenoxy) is 3. The Kier molecular flexibility index (Phi) is 2.93. The number of rotatable bonds is 3. The SMILES string of the molecule is COc1cc(-c2oncc2-c2cccnc2)cc2c1OCO2. The third-order valence-electron chi connectivity index (χ3n) is 3.46. The summed E-state index contributed by atoms with van der Waals surface area (Å²) in [5.41, 5.74) is 2.59. The molecule has 2 aromatic heterocycles. The number of hydrogen-bond acceptors (Lipinski definition) is 6. The van der Waals surface area contributed by atoms with Crippen molar-refractivity contribution >= 4 is 0 Å². The van der Waals surface area contributed by atoms with E-state index in [1.807, 2.05) is 24.3 Å². The highest BCUT2D eigenvalue weighted by molar-refractivity contribution is 5.80. The van der Waals surface area contributed by atoms with Gasteiger partial charge in [0.05, 0.1) is 18.9 Å². The maximum Gasteiger partial charge on any atom is 0.231 e. The molecule has 0 saturated carbocycles. The van der Waals surface area contributed by atoms with E-state index < -0.39 is 0 Å². The molecule has 0 bridgehead atoms. The van der Waals surface area contributed by atoms with Crippen molar-refractivity contribution in [3.63, 3.8) is 0 Å². The number of nitrogens with zero attached hydrogens (tertiary/aromatic N) is 2. The van der Waals surface area contributed by atoms with E-state index in [1.165, 1.54) is 0 Å². The van der Waals surface area contributed by atoms with E-state index in [9.17, 15) is 0 Å². The summed E-state index contributed by atoms with van der Waals surface area (Å²) >= 11 is 0. The Hall–Kier alpha value is -3.02. The monoisotopic (exact) mass is 296 g/mol. The Bertz CT molecular complexity index is 814. The van der Waals surface area contributed by atoms with Crippen molar-refractivity contribution in [2.24, 2.45) is 0 Å². The van der Waals surface area contributed by atoms with Crippen LogP contribution in [0.5, 0.6) is 17.2 Å². The largest absolute Gasteiger partial charge is 0.493 e. The summed E-state index contributed by atoms with van der Waals surface area (Å²) in [4.78, 5) is 4.13. The summed E-state index contributed by atoms with van der Waals surface area (Å²) in [6.07, 6.45) is 5.16. The van der Waals surface area contributed by atoms with Crippen LogP contribution in [0, 0.1) is 0 Å². The van der Waals surface area contributed by atoms with E-state index in [-0.39, 0.29) is 6.79 Å². The molecule has 0 radical (unpaired) electrons. The zero-order valence-corrected chi connectivity index (χ0v) is 11.8. The van der Waals surface area contributed by atoms with Gasteiger partial charge < -0.3 is 18.7 Å². The first-order valence-corrected chi connectivity index (χ1v) is 6.70. The van der Waals surface area contributed by atoms with Gasteiger partial charge in [0.1, 0.15) is 0 Å². The molecule has 1 aliphatic heterocycles. The highest BCUT2D eigenvalue weighted by atomic mass is 16.7. The molecule has 0 aliphatic carbocycles. The van der Waals surface area contributed by atoms with Crippen LogP contribution in [0.4, 0.5) is 0 Å². The molecule has 1 aromatic carbocycles. The molecule has 6 nitrogen and oxygen atoms in total. The summed E-state index contributed by atoms with van der Waals surface area (Å²) in [6, 6.07) is 7.51. The van der Waals surface area contributed by atoms with E-state index in [4.69, 9.17) is 18.7 Å². The molecule has 0 unspecified atom stereocenters. The van der Waals surface area contributed by atoms with Gasteiger partial charge in [-0.05, 0) is 18.2 Å². The maximum absolute atomic E-state index is 5.45. The van der Waals surface area contributed by atoms with Crippen LogP contribution in [-0.2, 0) is 0 Å². The normalized spacial score (nSPS) is 12.4. The quantitative estimate of drug-likeness (QED) is 0.739. The minimum absolute atomic E-state index is 0.182. The lowest BCUT2D eigenvalue weighted by Gasteiger charge is -2.07. The zero-order chi connectivity index (χ0) is 14.9. The molecule has 6 heteroatoms. The van der Waals surface area contributed by atoms with Gasteiger partial charge in [-0.15, -0.1) is 0 Å². The van der Waals surface area contributed by atoms with Crippen LogP contribution in [0.2, 0.25) is 0 Å². The van der Waals surface area contributed by atoms with E-state index in [1.54, 1.807) is 25.7 Å². The molecule has 0 amide bonds. The number of pyridine rings is 1. The maximum atomic E-state index is 5.45. The van der Waals surface area contributed by atoms with Gasteiger partial charge in [0.2, 0.25) is 12.5 Å². The summed E-state index contributed by atoms with van der Waals surface area (Å²) in [5.74, 6) is 2.46. The standard InChI is InChI=1S/C16H12N2O4/c1-19-13-5-11(6-14-16(13)21-9-20-14)15-12(8-18-22-15)10-3-2-4-17-7-10/h2-8H,9H2,1H3. The van der Waals surface area contributed by atoms with Crippen LogP contribution in [-0.4, -0.2) is 24.0 Å². The van der Waals surface area contributed by atoms with E-state index in [2.05, 4.69) is 10.1 Å². The van der Waals surface area contributed by atoms with Gasteiger partial charge in [0.15, 0.2) is 17.3 Å². The molecular weight excluding hydrogens is 284 g/mol. The number of methoxy groups -OCH3 is 1. The minimum atomic E-state index is 0.182. The van der Waals surface area contributed by atoms with Crippen LogP contribution in [0.3, 0.4) is 0 Å². The second-order valence-corrected chi connectivity index (χ2v) is 4.72. The molecule has 4 rings (SSSR count). The smallest absolute Gasteiger partial charge is 0.231 e. The summed E-state index contributed by atoms with van der Waals surface area (Å²) < 4.78 is 21.6. The van der Waals surface area contributed by atoms with Gasteiger partial charge >= 0.3 is 0 Å². The summed E-state index contributed by atoms with van der Waals surface area (Å²) in [7, 11) is 1.59. The fourth-order valence-corrected chi connectivity index (χ4v) is 2.44. The average molecular weight is 296 g/mol. The number of hydrogen-bond donors (Lipinski definition) is 0. The van der Waals surface area contributed by atoms with Crippen LogP contribution >= 0.6 is 0 Å². The van der Waals surface area contributed by atoms with E-state index in [0.29, 0.717) is 23.0 Å². The van der Waals surface area contributed by atoms with Gasteiger partial charge in [0, 0.05) is 23.5 Å². The Morgan fingerprint density at radius 2 is 2.09 bits per heavy atom. The van der Waals surface area contributed by atoms with Crippen molar-refractivity contribution in [3.05, 3.63) is 42.9 Å². The molecule has 1 aliphatic rings. The topological polar surface area (TPSA) is 66.6 Å². The first-order valence-electron chi connectivity index (χ1n) is 6.70. The second-order valence-electron chi connectivity index (χ2n) is 4.72. The third kappa shape index (κ3) is 1.96. The Balaban J connectivity index is 1.86. The molecule has 0 fully saturated rings. The van der Waals surface area contributed by atoms with Gasteiger partial charge in [-0.1, -0.05) is 11.2 Å². The molecule has 3 heterocycles. The van der Waals surface area contributed by atoms with Crippen LogP contribution in [0.1, 0.15) is 0 Å². The lowest BCUT2D eigenvalue weighted by atomic mass is 10.0. The number of aromatic nitrogens is 2. The predicted molar refractivity (Wildman–Crippen MR) is 77.8 cm³/mol. The number of fused-ring (bicyclic) bond motifs is 1. The van der Waals surface area contributed by atoms with Crippen molar-refractivity contribution in [2.75, 3.05) is 13.9 Å². The van der Waals surface area contributed by atoms with Crippen molar-refractivity contribution in [3.8, 4) is 39.7 Å². The Labute approximate surface area is 126 Å². The molecule has 22 heavy (non-hydrogen) atoms. The lowest BCUT2D eigenvalue weighted by molar-refractivity contribution is 0.171. The van der Waals surface area contributed by atoms with Crippen molar-refractivity contribution in [2.45, 2.75) is 0 Å². The second kappa shape index (κ2) is 5.07. The fraction of sp³-hybridized carbons (Fsp3) is 0.125. The molecule has 0 atom stereocenters. The molecule has 0 saturated heterocycles. The highest BCUT2D eigenvalue weighted by Crippen LogP contribution is 2.45. The van der Waals surface area contributed by atoms with E-state index in [0.717, 1.165) is 16.7 Å². The first-order chi connectivity index (χ1) is 10.9. The van der Waals surface area contributed by atoms with Crippen molar-refractivity contribution < 1.29 is 18.7 Å². The molecule has 0 spiro atoms. The number of benzene rings is 1. The minimum Gasteiger partial charge on any atom is -0.493 e. The van der Waals surface area contributed by atoms with Crippen LogP contribution < -0.4 is 14.2 Å².